The first kappa shape index (κ1) is 13.1. The molecule has 18 heavy (non-hydrogen) atoms. The highest BCUT2D eigenvalue weighted by molar-refractivity contribution is 5.78. The number of hydrogen-bond donors (Lipinski definition) is 2. The third-order valence-corrected chi connectivity index (χ3v) is 3.93. The summed E-state index contributed by atoms with van der Waals surface area (Å²) in [7, 11) is 1.64. The minimum absolute atomic E-state index is 0.0581. The number of carboxylic acids is 1. The topological polar surface area (TPSA) is 75.6 Å². The van der Waals surface area contributed by atoms with Gasteiger partial charge in [-0.1, -0.05) is 12.2 Å². The Labute approximate surface area is 106 Å². The molecule has 0 radical (unpaired) electrons. The number of carbonyl (C=O) groups is 2. The molecule has 1 fully saturated rings. The van der Waals surface area contributed by atoms with Crippen LogP contribution in [0.2, 0.25) is 0 Å². The maximum Gasteiger partial charge on any atom is 0.310 e. The zero-order valence-electron chi connectivity index (χ0n) is 10.5. The van der Waals surface area contributed by atoms with Crippen LogP contribution in [0.3, 0.4) is 0 Å². The second-order valence-corrected chi connectivity index (χ2v) is 5.16. The number of carbonyl (C=O) groups excluding carboxylic acids is 1. The normalized spacial score (nSPS) is 28.7. The number of carboxylic acid groups (broad SMARTS) is 1. The van der Waals surface area contributed by atoms with Crippen LogP contribution in [0.1, 0.15) is 32.1 Å². The number of ether oxygens (including phenoxy) is 1. The SMILES string of the molecule is COC1(CC(=O)NC2C=CC(C(=O)O)C2)CCC1. The second kappa shape index (κ2) is 5.10. The Balaban J connectivity index is 1.79. The lowest BCUT2D eigenvalue weighted by Crippen LogP contribution is -2.45. The van der Waals surface area contributed by atoms with Crippen LogP contribution in [0, 0.1) is 5.92 Å². The highest BCUT2D eigenvalue weighted by Gasteiger charge is 2.39. The first-order valence-corrected chi connectivity index (χ1v) is 6.30. The highest BCUT2D eigenvalue weighted by atomic mass is 16.5. The zero-order chi connectivity index (χ0) is 13.2. The Bertz CT molecular complexity index is 368. The summed E-state index contributed by atoms with van der Waals surface area (Å²) in [5.74, 6) is -1.37. The van der Waals surface area contributed by atoms with Crippen molar-refractivity contribution in [2.75, 3.05) is 7.11 Å². The average Bonchev–Trinajstić information content (AvgIpc) is 2.72. The van der Waals surface area contributed by atoms with Gasteiger partial charge in [-0.3, -0.25) is 9.59 Å². The fourth-order valence-corrected chi connectivity index (χ4v) is 2.56. The van der Waals surface area contributed by atoms with Crippen molar-refractivity contribution in [3.63, 3.8) is 0 Å². The van der Waals surface area contributed by atoms with Gasteiger partial charge in [-0.05, 0) is 25.7 Å². The summed E-state index contributed by atoms with van der Waals surface area (Å²) in [6, 6.07) is -0.160. The van der Waals surface area contributed by atoms with Gasteiger partial charge in [-0.15, -0.1) is 0 Å². The molecule has 0 aromatic carbocycles. The van der Waals surface area contributed by atoms with Crippen molar-refractivity contribution < 1.29 is 19.4 Å². The van der Waals surface area contributed by atoms with E-state index >= 15 is 0 Å². The van der Waals surface area contributed by atoms with Gasteiger partial charge in [0.2, 0.25) is 5.91 Å². The fourth-order valence-electron chi connectivity index (χ4n) is 2.56. The predicted molar refractivity (Wildman–Crippen MR) is 65.0 cm³/mol. The third kappa shape index (κ3) is 2.72. The molecular weight excluding hydrogens is 234 g/mol. The molecule has 2 atom stereocenters. The fraction of sp³-hybridized carbons (Fsp3) is 0.692. The Morgan fingerprint density at radius 3 is 2.61 bits per heavy atom. The van der Waals surface area contributed by atoms with Gasteiger partial charge in [0.1, 0.15) is 0 Å². The van der Waals surface area contributed by atoms with Gasteiger partial charge < -0.3 is 15.2 Å². The predicted octanol–water partition coefficient (Wildman–Crippen LogP) is 1.09. The van der Waals surface area contributed by atoms with Gasteiger partial charge in [0.25, 0.3) is 0 Å². The molecule has 2 unspecified atom stereocenters. The van der Waals surface area contributed by atoms with Crippen LogP contribution in [0.4, 0.5) is 0 Å². The van der Waals surface area contributed by atoms with Crippen molar-refractivity contribution >= 4 is 11.9 Å². The minimum Gasteiger partial charge on any atom is -0.481 e. The van der Waals surface area contributed by atoms with Gasteiger partial charge in [-0.2, -0.15) is 0 Å². The van der Waals surface area contributed by atoms with E-state index in [1.807, 2.05) is 0 Å². The second-order valence-electron chi connectivity index (χ2n) is 5.16. The molecule has 0 aromatic rings. The Morgan fingerprint density at radius 2 is 2.17 bits per heavy atom. The summed E-state index contributed by atoms with van der Waals surface area (Å²) < 4.78 is 5.40. The van der Waals surface area contributed by atoms with Crippen molar-refractivity contribution in [3.05, 3.63) is 12.2 Å². The molecule has 100 valence electrons. The molecule has 5 nitrogen and oxygen atoms in total. The van der Waals surface area contributed by atoms with Gasteiger partial charge in [0.05, 0.1) is 17.9 Å². The van der Waals surface area contributed by atoms with Crippen molar-refractivity contribution in [1.82, 2.24) is 5.32 Å². The molecule has 2 aliphatic rings. The van der Waals surface area contributed by atoms with Crippen LogP contribution < -0.4 is 5.32 Å². The molecule has 1 amide bonds. The number of nitrogens with one attached hydrogen (secondary N) is 1. The summed E-state index contributed by atoms with van der Waals surface area (Å²) in [6.45, 7) is 0. The molecule has 0 aromatic heterocycles. The number of amides is 1. The van der Waals surface area contributed by atoms with E-state index < -0.39 is 11.9 Å². The van der Waals surface area contributed by atoms with Gasteiger partial charge in [-0.25, -0.2) is 0 Å². The van der Waals surface area contributed by atoms with Gasteiger partial charge >= 0.3 is 5.97 Å². The molecule has 0 heterocycles. The van der Waals surface area contributed by atoms with Crippen LogP contribution in [-0.4, -0.2) is 35.7 Å². The summed E-state index contributed by atoms with van der Waals surface area (Å²) in [4.78, 5) is 22.6. The van der Waals surface area contributed by atoms with Crippen LogP contribution in [0.15, 0.2) is 12.2 Å². The highest BCUT2D eigenvalue weighted by Crippen LogP contribution is 2.37. The molecule has 0 aliphatic heterocycles. The first-order valence-electron chi connectivity index (χ1n) is 6.30. The van der Waals surface area contributed by atoms with Crippen LogP contribution in [0.5, 0.6) is 0 Å². The van der Waals surface area contributed by atoms with Crippen molar-refractivity contribution in [2.24, 2.45) is 5.92 Å². The van der Waals surface area contributed by atoms with E-state index in [1.54, 1.807) is 19.3 Å². The van der Waals surface area contributed by atoms with Gasteiger partial charge in [0.15, 0.2) is 0 Å². The smallest absolute Gasteiger partial charge is 0.310 e. The number of aliphatic carboxylic acids is 1. The van der Waals surface area contributed by atoms with Crippen molar-refractivity contribution in [1.29, 1.82) is 0 Å². The Hall–Kier alpha value is -1.36. The largest absolute Gasteiger partial charge is 0.481 e. The zero-order valence-corrected chi connectivity index (χ0v) is 10.5. The van der Waals surface area contributed by atoms with E-state index in [4.69, 9.17) is 9.84 Å². The molecule has 2 N–H and O–H groups in total. The molecule has 0 spiro atoms. The van der Waals surface area contributed by atoms with Crippen LogP contribution in [0.25, 0.3) is 0 Å². The Kier molecular flexibility index (Phi) is 3.71. The molecule has 0 bridgehead atoms. The van der Waals surface area contributed by atoms with Gasteiger partial charge in [0, 0.05) is 13.2 Å². The van der Waals surface area contributed by atoms with E-state index in [0.29, 0.717) is 12.8 Å². The molecular formula is C13H19NO4. The summed E-state index contributed by atoms with van der Waals surface area (Å²) in [5.41, 5.74) is -0.279. The maximum atomic E-state index is 11.9. The summed E-state index contributed by atoms with van der Waals surface area (Å²) in [5, 5.41) is 11.7. The average molecular weight is 253 g/mol. The first-order chi connectivity index (χ1) is 8.54. The third-order valence-electron chi connectivity index (χ3n) is 3.93. The lowest BCUT2D eigenvalue weighted by Gasteiger charge is -2.40. The molecule has 5 heteroatoms. The van der Waals surface area contributed by atoms with E-state index in [-0.39, 0.29) is 17.6 Å². The molecule has 0 saturated heterocycles. The van der Waals surface area contributed by atoms with Crippen LogP contribution in [-0.2, 0) is 14.3 Å². The van der Waals surface area contributed by atoms with E-state index in [2.05, 4.69) is 5.32 Å². The number of hydrogen-bond acceptors (Lipinski definition) is 3. The van der Waals surface area contributed by atoms with E-state index in [1.165, 1.54) is 0 Å². The summed E-state index contributed by atoms with van der Waals surface area (Å²) in [6.07, 6.45) is 7.17. The van der Waals surface area contributed by atoms with Crippen molar-refractivity contribution in [3.8, 4) is 0 Å². The Morgan fingerprint density at radius 1 is 1.44 bits per heavy atom. The lowest BCUT2D eigenvalue weighted by molar-refractivity contribution is -0.140. The standard InChI is InChI=1S/C13H19NO4/c1-18-13(5-2-6-13)8-11(15)14-10-4-3-9(7-10)12(16)17/h3-4,9-10H,2,5-8H2,1H3,(H,14,15)(H,16,17). The maximum absolute atomic E-state index is 11.9. The number of methoxy groups -OCH3 is 1. The van der Waals surface area contributed by atoms with E-state index in [9.17, 15) is 9.59 Å². The molecule has 2 aliphatic carbocycles. The molecule has 1 saturated carbocycles. The number of rotatable bonds is 5. The minimum atomic E-state index is -0.838. The lowest BCUT2D eigenvalue weighted by atomic mass is 9.77. The van der Waals surface area contributed by atoms with E-state index in [0.717, 1.165) is 19.3 Å². The van der Waals surface area contributed by atoms with Crippen molar-refractivity contribution in [2.45, 2.75) is 43.7 Å². The summed E-state index contributed by atoms with van der Waals surface area (Å²) >= 11 is 0. The van der Waals surface area contributed by atoms with Crippen LogP contribution >= 0.6 is 0 Å². The monoisotopic (exact) mass is 253 g/mol. The quantitative estimate of drug-likeness (QED) is 0.719. The molecule has 2 rings (SSSR count).